The number of ketones is 1. The molecule has 82 valence electrons. The van der Waals surface area contributed by atoms with Crippen LogP contribution < -0.4 is 5.32 Å². The van der Waals surface area contributed by atoms with Crippen LogP contribution >= 0.6 is 11.6 Å². The number of nitrogens with one attached hydrogen (secondary N) is 1. The Kier molecular flexibility index (Phi) is 7.20. The van der Waals surface area contributed by atoms with Gasteiger partial charge in [-0.1, -0.05) is 13.3 Å². The molecule has 1 atom stereocenters. The number of rotatable bonds is 6. The fourth-order valence-electron chi connectivity index (χ4n) is 1.01. The van der Waals surface area contributed by atoms with E-state index in [0.717, 1.165) is 6.42 Å². The Labute approximate surface area is 88.9 Å². The van der Waals surface area contributed by atoms with Gasteiger partial charge in [0, 0.05) is 0 Å². The lowest BCUT2D eigenvalue weighted by Crippen LogP contribution is -2.41. The average Bonchev–Trinajstić information content (AvgIpc) is 2.16. The first-order chi connectivity index (χ1) is 6.65. The van der Waals surface area contributed by atoms with E-state index in [1.165, 1.54) is 0 Å². The van der Waals surface area contributed by atoms with E-state index in [2.05, 4.69) is 10.1 Å². The molecule has 14 heavy (non-hydrogen) atoms. The maximum Gasteiger partial charge on any atom is 0.407 e. The highest BCUT2D eigenvalue weighted by molar-refractivity contribution is 6.28. The van der Waals surface area contributed by atoms with Gasteiger partial charge in [-0.05, 0) is 13.3 Å². The summed E-state index contributed by atoms with van der Waals surface area (Å²) in [6.07, 6.45) is 0.828. The Morgan fingerprint density at radius 1 is 1.43 bits per heavy atom. The second-order valence-electron chi connectivity index (χ2n) is 2.81. The monoisotopic (exact) mass is 221 g/mol. The summed E-state index contributed by atoms with van der Waals surface area (Å²) < 4.78 is 4.67. The molecular weight excluding hydrogens is 206 g/mol. The van der Waals surface area contributed by atoms with Crippen LogP contribution in [-0.4, -0.2) is 30.4 Å². The van der Waals surface area contributed by atoms with Crippen LogP contribution in [0.1, 0.15) is 26.7 Å². The molecule has 5 heteroatoms. The van der Waals surface area contributed by atoms with Gasteiger partial charge in [0.1, 0.15) is 0 Å². The molecule has 1 N–H and O–H groups in total. The predicted molar refractivity (Wildman–Crippen MR) is 54.6 cm³/mol. The maximum absolute atomic E-state index is 11.2. The van der Waals surface area contributed by atoms with Crippen LogP contribution in [0.25, 0.3) is 0 Å². The summed E-state index contributed by atoms with van der Waals surface area (Å²) in [6, 6.07) is -0.517. The molecule has 0 saturated heterocycles. The third-order valence-electron chi connectivity index (χ3n) is 1.67. The first-order valence-electron chi connectivity index (χ1n) is 4.67. The molecule has 0 aliphatic heterocycles. The van der Waals surface area contributed by atoms with E-state index < -0.39 is 12.1 Å². The van der Waals surface area contributed by atoms with Crippen molar-refractivity contribution >= 4 is 23.5 Å². The van der Waals surface area contributed by atoms with Gasteiger partial charge in [-0.25, -0.2) is 4.79 Å². The molecule has 0 heterocycles. The SMILES string of the molecule is CCCC(NC(=O)OCC)C(=O)CCl. The molecule has 1 amide bonds. The molecule has 0 bridgehead atoms. The van der Waals surface area contributed by atoms with Crippen LogP contribution in [0.15, 0.2) is 0 Å². The lowest BCUT2D eigenvalue weighted by Gasteiger charge is -2.14. The van der Waals surface area contributed by atoms with E-state index in [1.54, 1.807) is 6.92 Å². The first kappa shape index (κ1) is 13.2. The van der Waals surface area contributed by atoms with E-state index >= 15 is 0 Å². The molecule has 0 fully saturated rings. The third kappa shape index (κ3) is 5.07. The average molecular weight is 222 g/mol. The molecule has 4 nitrogen and oxygen atoms in total. The number of amides is 1. The Morgan fingerprint density at radius 2 is 2.07 bits per heavy atom. The van der Waals surface area contributed by atoms with Crippen molar-refractivity contribution in [3.63, 3.8) is 0 Å². The van der Waals surface area contributed by atoms with E-state index in [0.29, 0.717) is 13.0 Å². The number of hydrogen-bond acceptors (Lipinski definition) is 3. The standard InChI is InChI=1S/C9H16ClNO3/c1-3-5-7(8(12)6-10)11-9(13)14-4-2/h7H,3-6H2,1-2H3,(H,11,13). The number of halogens is 1. The molecule has 0 rings (SSSR count). The minimum atomic E-state index is -0.565. The molecule has 0 aromatic rings. The Balaban J connectivity index is 4.08. The van der Waals surface area contributed by atoms with Crippen LogP contribution in [0, 0.1) is 0 Å². The number of hydrogen-bond donors (Lipinski definition) is 1. The van der Waals surface area contributed by atoms with Crippen molar-refractivity contribution in [2.45, 2.75) is 32.7 Å². The number of alkyl halides is 1. The molecule has 0 spiro atoms. The Bertz CT molecular complexity index is 196. The minimum Gasteiger partial charge on any atom is -0.450 e. The van der Waals surface area contributed by atoms with Gasteiger partial charge in [-0.3, -0.25) is 4.79 Å². The second kappa shape index (κ2) is 7.62. The van der Waals surface area contributed by atoms with E-state index in [1.807, 2.05) is 6.92 Å². The van der Waals surface area contributed by atoms with E-state index in [-0.39, 0.29) is 11.7 Å². The van der Waals surface area contributed by atoms with Gasteiger partial charge in [0.2, 0.25) is 0 Å². The number of carbonyl (C=O) groups excluding carboxylic acids is 2. The molecule has 0 radical (unpaired) electrons. The third-order valence-corrected chi connectivity index (χ3v) is 1.93. The normalized spacial score (nSPS) is 11.9. The zero-order chi connectivity index (χ0) is 11.0. The van der Waals surface area contributed by atoms with Gasteiger partial charge in [0.15, 0.2) is 5.78 Å². The topological polar surface area (TPSA) is 55.4 Å². The number of carbonyl (C=O) groups is 2. The largest absolute Gasteiger partial charge is 0.450 e. The summed E-state index contributed by atoms with van der Waals surface area (Å²) in [6.45, 7) is 3.93. The van der Waals surface area contributed by atoms with Crippen LogP contribution in [0.2, 0.25) is 0 Å². The number of Topliss-reactive ketones (excluding diaryl/α,β-unsaturated/α-hetero) is 1. The van der Waals surface area contributed by atoms with Crippen molar-refractivity contribution in [2.75, 3.05) is 12.5 Å². The Morgan fingerprint density at radius 3 is 2.50 bits per heavy atom. The van der Waals surface area contributed by atoms with Crippen LogP contribution in [0.4, 0.5) is 4.79 Å². The van der Waals surface area contributed by atoms with Crippen molar-refractivity contribution in [3.05, 3.63) is 0 Å². The smallest absolute Gasteiger partial charge is 0.407 e. The lowest BCUT2D eigenvalue weighted by atomic mass is 10.1. The molecular formula is C9H16ClNO3. The maximum atomic E-state index is 11.2. The van der Waals surface area contributed by atoms with Gasteiger partial charge >= 0.3 is 6.09 Å². The molecule has 0 aromatic carbocycles. The summed E-state index contributed by atoms with van der Waals surface area (Å²) in [5.74, 6) is -0.265. The van der Waals surface area contributed by atoms with Gasteiger partial charge in [-0.15, -0.1) is 11.6 Å². The van der Waals surface area contributed by atoms with Crippen molar-refractivity contribution in [2.24, 2.45) is 0 Å². The fourth-order valence-corrected chi connectivity index (χ4v) is 1.20. The zero-order valence-corrected chi connectivity index (χ0v) is 9.26. The van der Waals surface area contributed by atoms with Crippen molar-refractivity contribution in [3.8, 4) is 0 Å². The summed E-state index contributed by atoms with van der Waals surface area (Å²) in [7, 11) is 0. The number of alkyl carbamates (subject to hydrolysis) is 1. The van der Waals surface area contributed by atoms with Crippen molar-refractivity contribution < 1.29 is 14.3 Å². The van der Waals surface area contributed by atoms with Gasteiger partial charge < -0.3 is 10.1 Å². The molecule has 0 aliphatic rings. The van der Waals surface area contributed by atoms with E-state index in [4.69, 9.17) is 11.6 Å². The van der Waals surface area contributed by atoms with Gasteiger partial charge in [0.25, 0.3) is 0 Å². The highest BCUT2D eigenvalue weighted by Gasteiger charge is 2.18. The van der Waals surface area contributed by atoms with E-state index in [9.17, 15) is 9.59 Å². The highest BCUT2D eigenvalue weighted by Crippen LogP contribution is 2.00. The van der Waals surface area contributed by atoms with Crippen molar-refractivity contribution in [1.29, 1.82) is 0 Å². The lowest BCUT2D eigenvalue weighted by molar-refractivity contribution is -0.118. The van der Waals surface area contributed by atoms with Crippen molar-refractivity contribution in [1.82, 2.24) is 5.32 Å². The second-order valence-corrected chi connectivity index (χ2v) is 3.07. The van der Waals surface area contributed by atoms with Crippen LogP contribution in [-0.2, 0) is 9.53 Å². The molecule has 0 aromatic heterocycles. The Hall–Kier alpha value is -0.770. The van der Waals surface area contributed by atoms with Crippen LogP contribution in [0.5, 0.6) is 0 Å². The molecule has 1 unspecified atom stereocenters. The minimum absolute atomic E-state index is 0.0862. The fraction of sp³-hybridized carbons (Fsp3) is 0.778. The quantitative estimate of drug-likeness (QED) is 0.695. The summed E-state index contributed by atoms with van der Waals surface area (Å²) >= 11 is 5.40. The molecule has 0 aliphatic carbocycles. The molecule has 0 saturated carbocycles. The first-order valence-corrected chi connectivity index (χ1v) is 5.21. The number of ether oxygens (including phenoxy) is 1. The summed E-state index contributed by atoms with van der Waals surface area (Å²) in [4.78, 5) is 22.3. The van der Waals surface area contributed by atoms with Gasteiger partial charge in [-0.2, -0.15) is 0 Å². The van der Waals surface area contributed by atoms with Crippen LogP contribution in [0.3, 0.4) is 0 Å². The highest BCUT2D eigenvalue weighted by atomic mass is 35.5. The van der Waals surface area contributed by atoms with Gasteiger partial charge in [0.05, 0.1) is 18.5 Å². The predicted octanol–water partition coefficient (Wildman–Crippen LogP) is 1.71. The summed E-state index contributed by atoms with van der Waals surface area (Å²) in [5.41, 5.74) is 0. The summed E-state index contributed by atoms with van der Waals surface area (Å²) in [5, 5.41) is 2.47. The zero-order valence-electron chi connectivity index (χ0n) is 8.51.